The van der Waals surface area contributed by atoms with Crippen LogP contribution in [0.25, 0.3) is 33.3 Å². The molecule has 0 aliphatic heterocycles. The molecule has 4 heterocycles. The van der Waals surface area contributed by atoms with Gasteiger partial charge in [-0.3, -0.25) is 14.3 Å². The third-order valence-corrected chi connectivity index (χ3v) is 5.24. The van der Waals surface area contributed by atoms with Crippen LogP contribution < -0.4 is 5.32 Å². The number of fused-ring (bicyclic) bond motifs is 1. The fourth-order valence-electron chi connectivity index (χ4n) is 3.31. The number of aromatic nitrogens is 4. The normalized spacial score (nSPS) is 11.2. The highest BCUT2D eigenvalue weighted by Gasteiger charge is 2.18. The Morgan fingerprint density at radius 1 is 1.21 bits per heavy atom. The molecule has 0 saturated heterocycles. The first-order valence-corrected chi connectivity index (χ1v) is 11.2. The fourth-order valence-corrected chi connectivity index (χ4v) is 3.59. The quantitative estimate of drug-likeness (QED) is 0.268. The summed E-state index contributed by atoms with van der Waals surface area (Å²) in [5.41, 5.74) is 3.77. The summed E-state index contributed by atoms with van der Waals surface area (Å²) in [6.07, 6.45) is 8.96. The smallest absolute Gasteiger partial charge is 0.321 e. The Balaban J connectivity index is 1.84. The average molecular weight is 476 g/mol. The van der Waals surface area contributed by atoms with E-state index in [0.717, 1.165) is 6.08 Å². The molecule has 0 aromatic carbocycles. The van der Waals surface area contributed by atoms with Crippen molar-refractivity contribution in [2.75, 3.05) is 5.32 Å². The SMILES string of the molecule is C=CC(=O)Nc1cncc(-c2cnc3c(c2)c(-c2ccnc(C#N)c2)cn3COP(=O)(O)O)c1. The van der Waals surface area contributed by atoms with Gasteiger partial charge in [-0.2, -0.15) is 5.26 Å². The van der Waals surface area contributed by atoms with Crippen LogP contribution >= 0.6 is 7.82 Å². The molecule has 4 aromatic heterocycles. The number of anilines is 1. The van der Waals surface area contributed by atoms with E-state index in [1.807, 2.05) is 12.1 Å². The molecule has 1 amide bonds. The van der Waals surface area contributed by atoms with Crippen molar-refractivity contribution in [3.63, 3.8) is 0 Å². The summed E-state index contributed by atoms with van der Waals surface area (Å²) in [5, 5.41) is 12.5. The minimum absolute atomic E-state index is 0.212. The fraction of sp³-hybridized carbons (Fsp3) is 0.0455. The lowest BCUT2D eigenvalue weighted by Crippen LogP contribution is -2.07. The largest absolute Gasteiger partial charge is 0.471 e. The van der Waals surface area contributed by atoms with Gasteiger partial charge in [0.2, 0.25) is 5.91 Å². The van der Waals surface area contributed by atoms with Crippen LogP contribution in [0.15, 0.2) is 67.9 Å². The molecule has 0 aliphatic carbocycles. The van der Waals surface area contributed by atoms with Crippen molar-refractivity contribution in [1.29, 1.82) is 5.26 Å². The predicted octanol–water partition coefficient (Wildman–Crippen LogP) is 3.22. The van der Waals surface area contributed by atoms with Crippen molar-refractivity contribution >= 4 is 30.5 Å². The Hall–Kier alpha value is -4.20. The first-order chi connectivity index (χ1) is 16.3. The van der Waals surface area contributed by atoms with Crippen LogP contribution in [0.2, 0.25) is 0 Å². The molecule has 170 valence electrons. The van der Waals surface area contributed by atoms with E-state index in [2.05, 4.69) is 31.4 Å². The molecule has 4 aromatic rings. The number of phosphoric acid groups is 1. The Kier molecular flexibility index (Phi) is 6.32. The molecule has 0 bridgehead atoms. The number of pyridine rings is 3. The zero-order valence-corrected chi connectivity index (χ0v) is 18.4. The van der Waals surface area contributed by atoms with Gasteiger partial charge >= 0.3 is 7.82 Å². The van der Waals surface area contributed by atoms with Gasteiger partial charge in [0.25, 0.3) is 0 Å². The summed E-state index contributed by atoms with van der Waals surface area (Å²) < 4.78 is 17.3. The highest BCUT2D eigenvalue weighted by molar-refractivity contribution is 7.46. The zero-order valence-electron chi connectivity index (χ0n) is 17.5. The molecule has 0 unspecified atom stereocenters. The average Bonchev–Trinajstić information content (AvgIpc) is 3.20. The van der Waals surface area contributed by atoms with Crippen molar-refractivity contribution < 1.29 is 23.7 Å². The van der Waals surface area contributed by atoms with Gasteiger partial charge in [0.1, 0.15) is 24.1 Å². The lowest BCUT2D eigenvalue weighted by Gasteiger charge is -2.08. The van der Waals surface area contributed by atoms with E-state index < -0.39 is 14.6 Å². The number of carbonyl (C=O) groups excluding carboxylic acids is 1. The van der Waals surface area contributed by atoms with Gasteiger partial charge in [0.05, 0.1) is 11.9 Å². The number of nitrogens with zero attached hydrogens (tertiary/aromatic N) is 5. The van der Waals surface area contributed by atoms with Crippen LogP contribution in [-0.4, -0.2) is 35.2 Å². The van der Waals surface area contributed by atoms with E-state index in [9.17, 15) is 14.6 Å². The maximum Gasteiger partial charge on any atom is 0.471 e. The molecular formula is C22H17N6O5P. The number of nitrogens with one attached hydrogen (secondary N) is 1. The Labute approximate surface area is 193 Å². The molecule has 0 fully saturated rings. The first-order valence-electron chi connectivity index (χ1n) is 9.72. The number of nitriles is 1. The maximum atomic E-state index is 11.6. The topological polar surface area (TPSA) is 163 Å². The lowest BCUT2D eigenvalue weighted by atomic mass is 10.0. The van der Waals surface area contributed by atoms with E-state index >= 15 is 0 Å². The highest BCUT2D eigenvalue weighted by Crippen LogP contribution is 2.38. The minimum Gasteiger partial charge on any atom is -0.321 e. The minimum atomic E-state index is -4.71. The zero-order chi connectivity index (χ0) is 24.3. The third-order valence-electron chi connectivity index (χ3n) is 4.79. The van der Waals surface area contributed by atoms with Crippen molar-refractivity contribution in [3.05, 3.63) is 73.6 Å². The number of carbonyl (C=O) groups is 1. The Morgan fingerprint density at radius 3 is 2.74 bits per heavy atom. The van der Waals surface area contributed by atoms with Crippen molar-refractivity contribution in [1.82, 2.24) is 19.5 Å². The first kappa shape index (κ1) is 23.0. The predicted molar refractivity (Wildman–Crippen MR) is 123 cm³/mol. The summed E-state index contributed by atoms with van der Waals surface area (Å²) in [6.45, 7) is 2.99. The second kappa shape index (κ2) is 9.35. The maximum absolute atomic E-state index is 11.6. The van der Waals surface area contributed by atoms with E-state index in [4.69, 9.17) is 9.79 Å². The second-order valence-electron chi connectivity index (χ2n) is 7.05. The molecule has 4 rings (SSSR count). The van der Waals surface area contributed by atoms with Crippen molar-refractivity contribution in [2.45, 2.75) is 6.73 Å². The van der Waals surface area contributed by atoms with Crippen molar-refractivity contribution in [2.24, 2.45) is 0 Å². The second-order valence-corrected chi connectivity index (χ2v) is 8.29. The van der Waals surface area contributed by atoms with Gasteiger partial charge in [-0.05, 0) is 35.9 Å². The molecule has 0 spiro atoms. The van der Waals surface area contributed by atoms with Crippen LogP contribution in [0.1, 0.15) is 5.69 Å². The lowest BCUT2D eigenvalue weighted by molar-refractivity contribution is -0.111. The number of rotatable bonds is 7. The van der Waals surface area contributed by atoms with E-state index in [0.29, 0.717) is 39.0 Å². The van der Waals surface area contributed by atoms with Gasteiger partial charge < -0.3 is 19.7 Å². The molecule has 0 atom stereocenters. The summed E-state index contributed by atoms with van der Waals surface area (Å²) in [7, 11) is -4.71. The van der Waals surface area contributed by atoms with E-state index in [-0.39, 0.29) is 11.6 Å². The summed E-state index contributed by atoms with van der Waals surface area (Å²) >= 11 is 0. The Bertz CT molecular complexity index is 1500. The summed E-state index contributed by atoms with van der Waals surface area (Å²) in [6, 6.07) is 8.86. The van der Waals surface area contributed by atoms with Gasteiger partial charge in [-0.1, -0.05) is 6.58 Å². The van der Waals surface area contributed by atoms with Crippen LogP contribution in [0.3, 0.4) is 0 Å². The number of hydrogen-bond donors (Lipinski definition) is 3. The summed E-state index contributed by atoms with van der Waals surface area (Å²) in [5.74, 6) is -0.372. The highest BCUT2D eigenvalue weighted by atomic mass is 31.2. The van der Waals surface area contributed by atoms with Gasteiger partial charge in [-0.15, -0.1) is 0 Å². The van der Waals surface area contributed by atoms with Crippen molar-refractivity contribution in [3.8, 4) is 28.3 Å². The molecular weight excluding hydrogens is 459 g/mol. The standard InChI is InChI=1S/C22H17N6O5P/c1-2-21(29)27-18-6-15(9-24-11-18)16-7-19-20(14-3-4-25-17(5-14)8-23)12-28(22(19)26-10-16)13-33-34(30,31)32/h2-7,9-12H,1,13H2,(H,27,29)(H2,30,31,32). The molecule has 12 heteroatoms. The van der Waals surface area contributed by atoms with Crippen LogP contribution in [-0.2, 0) is 20.6 Å². The molecule has 34 heavy (non-hydrogen) atoms. The van der Waals surface area contributed by atoms with Gasteiger partial charge in [0.15, 0.2) is 0 Å². The molecule has 0 saturated carbocycles. The molecule has 3 N–H and O–H groups in total. The van der Waals surface area contributed by atoms with Gasteiger partial charge in [-0.25, -0.2) is 14.5 Å². The Morgan fingerprint density at radius 2 is 2.00 bits per heavy atom. The van der Waals surface area contributed by atoms with Crippen LogP contribution in [0.4, 0.5) is 5.69 Å². The third kappa shape index (κ3) is 5.06. The molecule has 0 radical (unpaired) electrons. The molecule has 11 nitrogen and oxygen atoms in total. The monoisotopic (exact) mass is 476 g/mol. The number of hydrogen-bond acceptors (Lipinski definition) is 7. The van der Waals surface area contributed by atoms with Crippen LogP contribution in [0.5, 0.6) is 0 Å². The molecule has 0 aliphatic rings. The summed E-state index contributed by atoms with van der Waals surface area (Å²) in [4.78, 5) is 42.5. The number of amides is 1. The van der Waals surface area contributed by atoms with E-state index in [1.165, 1.54) is 17.0 Å². The number of phosphoric ester groups is 1. The van der Waals surface area contributed by atoms with Gasteiger partial charge in [0, 0.05) is 46.9 Å². The van der Waals surface area contributed by atoms with Crippen LogP contribution in [0, 0.1) is 11.3 Å². The van der Waals surface area contributed by atoms with E-state index in [1.54, 1.807) is 36.8 Å².